The third-order valence-corrected chi connectivity index (χ3v) is 2.48. The van der Waals surface area contributed by atoms with Crippen molar-refractivity contribution in [2.24, 2.45) is 5.73 Å². The number of para-hydroxylation sites is 1. The van der Waals surface area contributed by atoms with Crippen molar-refractivity contribution in [2.45, 2.75) is 26.5 Å². The Morgan fingerprint density at radius 3 is 2.65 bits per heavy atom. The first-order valence-electron chi connectivity index (χ1n) is 5.40. The van der Waals surface area contributed by atoms with E-state index in [1.54, 1.807) is 11.0 Å². The Labute approximate surface area is 99.8 Å². The molecule has 1 rings (SSSR count). The molecule has 0 unspecified atom stereocenters. The Hall–Kier alpha value is -1.62. The van der Waals surface area contributed by atoms with Crippen LogP contribution in [0.25, 0.3) is 0 Å². The van der Waals surface area contributed by atoms with Gasteiger partial charge in [-0.05, 0) is 19.9 Å². The molecule has 3 N–H and O–H groups in total. The first-order valence-corrected chi connectivity index (χ1v) is 5.40. The molecule has 4 nitrogen and oxygen atoms in total. The van der Waals surface area contributed by atoms with Crippen LogP contribution < -0.4 is 10.6 Å². The van der Waals surface area contributed by atoms with E-state index >= 15 is 0 Å². The minimum Gasteiger partial charge on any atom is -0.392 e. The lowest BCUT2D eigenvalue weighted by atomic mass is 10.1. The second-order valence-corrected chi connectivity index (χ2v) is 4.09. The van der Waals surface area contributed by atoms with Crippen LogP contribution in [-0.4, -0.2) is 23.6 Å². The number of nitrogens with two attached hydrogens (primary N) is 1. The van der Waals surface area contributed by atoms with Crippen LogP contribution >= 0.6 is 0 Å². The van der Waals surface area contributed by atoms with E-state index in [1.807, 2.05) is 13.8 Å². The molecule has 0 spiro atoms. The van der Waals surface area contributed by atoms with Gasteiger partial charge in [0.05, 0.1) is 18.8 Å². The lowest BCUT2D eigenvalue weighted by Gasteiger charge is -2.29. The van der Waals surface area contributed by atoms with Crippen molar-refractivity contribution < 1.29 is 14.3 Å². The number of amides is 1. The van der Waals surface area contributed by atoms with Crippen LogP contribution in [0.2, 0.25) is 0 Å². The molecular formula is C12H17FN2O2. The average Bonchev–Trinajstić information content (AvgIpc) is 2.25. The SMILES string of the molecule is CC(C)N(CC(N)=O)c1c(F)cccc1CO. The molecule has 1 aromatic carbocycles. The Bertz CT molecular complexity index is 407. The number of hydrogen-bond acceptors (Lipinski definition) is 3. The third kappa shape index (κ3) is 3.17. The van der Waals surface area contributed by atoms with Crippen LogP contribution in [0.3, 0.4) is 0 Å². The zero-order chi connectivity index (χ0) is 13.0. The highest BCUT2D eigenvalue weighted by Crippen LogP contribution is 2.26. The predicted molar refractivity (Wildman–Crippen MR) is 64.0 cm³/mol. The first kappa shape index (κ1) is 13.4. The number of primary amides is 1. The van der Waals surface area contributed by atoms with Gasteiger partial charge >= 0.3 is 0 Å². The fourth-order valence-electron chi connectivity index (χ4n) is 1.70. The number of nitrogens with zero attached hydrogens (tertiary/aromatic N) is 1. The van der Waals surface area contributed by atoms with Crippen molar-refractivity contribution in [2.75, 3.05) is 11.4 Å². The minimum atomic E-state index is -0.536. The van der Waals surface area contributed by atoms with Crippen molar-refractivity contribution in [3.05, 3.63) is 29.6 Å². The molecule has 0 radical (unpaired) electrons. The maximum Gasteiger partial charge on any atom is 0.236 e. The highest BCUT2D eigenvalue weighted by Gasteiger charge is 2.19. The van der Waals surface area contributed by atoms with E-state index in [-0.39, 0.29) is 24.9 Å². The summed E-state index contributed by atoms with van der Waals surface area (Å²) in [5.74, 6) is -1.00. The highest BCUT2D eigenvalue weighted by atomic mass is 19.1. The number of carbonyl (C=O) groups is 1. The van der Waals surface area contributed by atoms with E-state index in [0.717, 1.165) is 0 Å². The van der Waals surface area contributed by atoms with Crippen LogP contribution in [0.5, 0.6) is 0 Å². The van der Waals surface area contributed by atoms with Crippen molar-refractivity contribution in [1.82, 2.24) is 0 Å². The Kier molecular flexibility index (Phi) is 4.45. The normalized spacial score (nSPS) is 10.6. The molecule has 0 aliphatic heterocycles. The number of carbonyl (C=O) groups excluding carboxylic acids is 1. The Morgan fingerprint density at radius 2 is 2.18 bits per heavy atom. The maximum atomic E-state index is 13.8. The summed E-state index contributed by atoms with van der Waals surface area (Å²) in [7, 11) is 0. The van der Waals surface area contributed by atoms with Gasteiger partial charge in [-0.15, -0.1) is 0 Å². The summed E-state index contributed by atoms with van der Waals surface area (Å²) < 4.78 is 13.8. The molecule has 0 aliphatic rings. The molecule has 0 aromatic heterocycles. The van der Waals surface area contributed by atoms with E-state index in [9.17, 15) is 14.3 Å². The zero-order valence-electron chi connectivity index (χ0n) is 9.98. The van der Waals surface area contributed by atoms with Crippen molar-refractivity contribution in [3.8, 4) is 0 Å². The second-order valence-electron chi connectivity index (χ2n) is 4.09. The summed E-state index contributed by atoms with van der Waals surface area (Å²) in [4.78, 5) is 12.5. The summed E-state index contributed by atoms with van der Waals surface area (Å²) in [6, 6.07) is 4.34. The van der Waals surface area contributed by atoms with Gasteiger partial charge < -0.3 is 15.7 Å². The first-order chi connectivity index (χ1) is 7.97. The summed E-state index contributed by atoms with van der Waals surface area (Å²) in [6.07, 6.45) is 0. The van der Waals surface area contributed by atoms with Gasteiger partial charge in [-0.3, -0.25) is 4.79 Å². The molecule has 5 heteroatoms. The largest absolute Gasteiger partial charge is 0.392 e. The molecule has 1 aromatic rings. The number of anilines is 1. The maximum absolute atomic E-state index is 13.8. The molecule has 0 saturated heterocycles. The van der Waals surface area contributed by atoms with Gasteiger partial charge in [-0.1, -0.05) is 12.1 Å². The van der Waals surface area contributed by atoms with E-state index in [0.29, 0.717) is 5.56 Å². The van der Waals surface area contributed by atoms with Crippen LogP contribution in [0.1, 0.15) is 19.4 Å². The quantitative estimate of drug-likeness (QED) is 0.807. The van der Waals surface area contributed by atoms with Gasteiger partial charge in [0, 0.05) is 11.6 Å². The van der Waals surface area contributed by atoms with Gasteiger partial charge in [0.1, 0.15) is 5.82 Å². The molecule has 0 heterocycles. The lowest BCUT2D eigenvalue weighted by molar-refractivity contribution is -0.116. The smallest absolute Gasteiger partial charge is 0.236 e. The topological polar surface area (TPSA) is 66.6 Å². The molecular weight excluding hydrogens is 223 g/mol. The van der Waals surface area contributed by atoms with E-state index in [1.165, 1.54) is 12.1 Å². The van der Waals surface area contributed by atoms with Crippen LogP contribution in [-0.2, 0) is 11.4 Å². The highest BCUT2D eigenvalue weighted by molar-refractivity contribution is 5.80. The summed E-state index contributed by atoms with van der Waals surface area (Å²) in [5.41, 5.74) is 5.83. The predicted octanol–water partition coefficient (Wildman–Crippen LogP) is 1.02. The van der Waals surface area contributed by atoms with Crippen molar-refractivity contribution in [1.29, 1.82) is 0 Å². The van der Waals surface area contributed by atoms with Crippen LogP contribution in [0.15, 0.2) is 18.2 Å². The summed E-state index contributed by atoms with van der Waals surface area (Å²) in [6.45, 7) is 3.30. The fraction of sp³-hybridized carbons (Fsp3) is 0.417. The number of hydrogen-bond donors (Lipinski definition) is 2. The van der Waals surface area contributed by atoms with Crippen molar-refractivity contribution in [3.63, 3.8) is 0 Å². The molecule has 17 heavy (non-hydrogen) atoms. The Balaban J connectivity index is 3.21. The zero-order valence-corrected chi connectivity index (χ0v) is 9.98. The van der Waals surface area contributed by atoms with E-state index in [2.05, 4.69) is 0 Å². The molecule has 0 saturated carbocycles. The third-order valence-electron chi connectivity index (χ3n) is 2.48. The number of benzene rings is 1. The van der Waals surface area contributed by atoms with Crippen molar-refractivity contribution >= 4 is 11.6 Å². The summed E-state index contributed by atoms with van der Waals surface area (Å²) >= 11 is 0. The van der Waals surface area contributed by atoms with Gasteiger partial charge in [-0.25, -0.2) is 4.39 Å². The lowest BCUT2D eigenvalue weighted by Crippen LogP contribution is -2.39. The fourth-order valence-corrected chi connectivity index (χ4v) is 1.70. The second kappa shape index (κ2) is 5.63. The molecule has 94 valence electrons. The molecule has 0 bridgehead atoms. The molecule has 0 fully saturated rings. The number of aliphatic hydroxyl groups is 1. The van der Waals surface area contributed by atoms with Crippen LogP contribution in [0, 0.1) is 5.82 Å². The van der Waals surface area contributed by atoms with Crippen LogP contribution in [0.4, 0.5) is 10.1 Å². The Morgan fingerprint density at radius 1 is 1.53 bits per heavy atom. The van der Waals surface area contributed by atoms with E-state index in [4.69, 9.17) is 5.73 Å². The van der Waals surface area contributed by atoms with Gasteiger partial charge in [0.15, 0.2) is 0 Å². The number of rotatable bonds is 5. The number of aliphatic hydroxyl groups excluding tert-OH is 1. The van der Waals surface area contributed by atoms with Gasteiger partial charge in [-0.2, -0.15) is 0 Å². The standard InChI is InChI=1S/C12H17FN2O2/c1-8(2)15(6-11(14)17)12-9(7-16)4-3-5-10(12)13/h3-5,8,16H,6-7H2,1-2H3,(H2,14,17). The summed E-state index contributed by atoms with van der Waals surface area (Å²) in [5, 5.41) is 9.20. The van der Waals surface area contributed by atoms with Gasteiger partial charge in [0.2, 0.25) is 5.91 Å². The average molecular weight is 240 g/mol. The van der Waals surface area contributed by atoms with Gasteiger partial charge in [0.25, 0.3) is 0 Å². The molecule has 1 amide bonds. The molecule has 0 aliphatic carbocycles. The minimum absolute atomic E-state index is 0.0778. The number of halogens is 1. The van der Waals surface area contributed by atoms with E-state index < -0.39 is 11.7 Å². The monoisotopic (exact) mass is 240 g/mol. The molecule has 0 atom stereocenters.